The Morgan fingerprint density at radius 3 is 2.25 bits per heavy atom. The number of benzene rings is 3. The number of amides is 2. The average molecular weight is 433 g/mol. The highest BCUT2D eigenvalue weighted by Gasteiger charge is 2.24. The van der Waals surface area contributed by atoms with E-state index in [2.05, 4.69) is 0 Å². The van der Waals surface area contributed by atoms with Crippen molar-refractivity contribution in [1.82, 2.24) is 9.80 Å². The normalized spacial score (nSPS) is 14.2. The van der Waals surface area contributed by atoms with Gasteiger partial charge in [0.25, 0.3) is 11.8 Å². The first-order valence-corrected chi connectivity index (χ1v) is 11.1. The molecule has 0 unspecified atom stereocenters. The molecule has 0 bridgehead atoms. The van der Waals surface area contributed by atoms with Crippen LogP contribution in [0.4, 0.5) is 0 Å². The molecule has 32 heavy (non-hydrogen) atoms. The van der Waals surface area contributed by atoms with Crippen molar-refractivity contribution in [3.63, 3.8) is 0 Å². The van der Waals surface area contributed by atoms with Gasteiger partial charge in [0.05, 0.1) is 6.61 Å². The number of hydrogen-bond donors (Lipinski definition) is 0. The summed E-state index contributed by atoms with van der Waals surface area (Å²) in [5.41, 5.74) is 0.707. The first kappa shape index (κ1) is 21.7. The molecule has 0 aliphatic carbocycles. The van der Waals surface area contributed by atoms with Gasteiger partial charge >= 0.3 is 0 Å². The molecule has 0 saturated carbocycles. The molecule has 0 spiro atoms. The maximum Gasteiger partial charge on any atom is 0.260 e. The number of carbonyl (C=O) groups excluding carboxylic acids is 2. The maximum absolute atomic E-state index is 13.2. The van der Waals surface area contributed by atoms with Crippen molar-refractivity contribution in [3.8, 4) is 11.5 Å². The van der Waals surface area contributed by atoms with E-state index in [0.717, 1.165) is 17.2 Å². The average Bonchev–Trinajstić information content (AvgIpc) is 3.09. The van der Waals surface area contributed by atoms with E-state index in [-0.39, 0.29) is 18.4 Å². The van der Waals surface area contributed by atoms with E-state index < -0.39 is 0 Å². The molecular weight excluding hydrogens is 404 g/mol. The molecular formula is C26H28N2O4. The van der Waals surface area contributed by atoms with Gasteiger partial charge in [0.15, 0.2) is 18.1 Å². The highest BCUT2D eigenvalue weighted by atomic mass is 16.5. The Morgan fingerprint density at radius 2 is 1.44 bits per heavy atom. The van der Waals surface area contributed by atoms with E-state index >= 15 is 0 Å². The van der Waals surface area contributed by atoms with Gasteiger partial charge in [-0.05, 0) is 42.3 Å². The van der Waals surface area contributed by atoms with Crippen LogP contribution in [0.3, 0.4) is 0 Å². The van der Waals surface area contributed by atoms with Crippen molar-refractivity contribution in [2.24, 2.45) is 0 Å². The summed E-state index contributed by atoms with van der Waals surface area (Å²) in [7, 11) is 0. The van der Waals surface area contributed by atoms with E-state index in [1.807, 2.05) is 72.5 Å². The van der Waals surface area contributed by atoms with E-state index in [9.17, 15) is 9.59 Å². The molecule has 1 aliphatic rings. The van der Waals surface area contributed by atoms with E-state index in [1.54, 1.807) is 11.0 Å². The largest absolute Gasteiger partial charge is 0.490 e. The number of ether oxygens (including phenoxy) is 2. The molecule has 1 heterocycles. The van der Waals surface area contributed by atoms with Gasteiger partial charge in [-0.1, -0.05) is 48.5 Å². The second-order valence-corrected chi connectivity index (χ2v) is 7.72. The number of para-hydroxylation sites is 2. The van der Waals surface area contributed by atoms with Crippen LogP contribution in [0.25, 0.3) is 10.8 Å². The molecule has 4 rings (SSSR count). The molecule has 166 valence electrons. The van der Waals surface area contributed by atoms with Crippen LogP contribution in [0.15, 0.2) is 66.7 Å². The minimum atomic E-state index is -0.0873. The lowest BCUT2D eigenvalue weighted by Gasteiger charge is -2.23. The third-order valence-electron chi connectivity index (χ3n) is 5.66. The zero-order valence-electron chi connectivity index (χ0n) is 18.3. The molecule has 1 fully saturated rings. The van der Waals surface area contributed by atoms with Crippen molar-refractivity contribution in [2.45, 2.75) is 13.3 Å². The molecule has 6 heteroatoms. The zero-order valence-corrected chi connectivity index (χ0v) is 18.3. The van der Waals surface area contributed by atoms with Gasteiger partial charge in [-0.3, -0.25) is 9.59 Å². The van der Waals surface area contributed by atoms with Crippen LogP contribution < -0.4 is 9.47 Å². The number of rotatable bonds is 6. The van der Waals surface area contributed by atoms with E-state index in [4.69, 9.17) is 9.47 Å². The Bertz CT molecular complexity index is 1090. The predicted octanol–water partition coefficient (Wildman–Crippen LogP) is 3.99. The SMILES string of the molecule is CCOc1ccccc1OCC(=O)N1CCCN(C(=O)c2cccc3ccccc23)CC1. The third-order valence-corrected chi connectivity index (χ3v) is 5.66. The van der Waals surface area contributed by atoms with Crippen LogP contribution in [0.5, 0.6) is 11.5 Å². The molecule has 3 aromatic carbocycles. The van der Waals surface area contributed by atoms with Crippen molar-refractivity contribution >= 4 is 22.6 Å². The minimum Gasteiger partial charge on any atom is -0.490 e. The first-order chi connectivity index (χ1) is 15.7. The highest BCUT2D eigenvalue weighted by Crippen LogP contribution is 2.26. The second-order valence-electron chi connectivity index (χ2n) is 7.72. The Morgan fingerprint density at radius 1 is 0.781 bits per heavy atom. The highest BCUT2D eigenvalue weighted by molar-refractivity contribution is 6.07. The van der Waals surface area contributed by atoms with Gasteiger partial charge in [0.1, 0.15) is 0 Å². The molecule has 0 radical (unpaired) electrons. The van der Waals surface area contributed by atoms with Gasteiger partial charge in [0.2, 0.25) is 0 Å². The summed E-state index contributed by atoms with van der Waals surface area (Å²) in [4.78, 5) is 29.6. The Balaban J connectivity index is 1.38. The molecule has 1 saturated heterocycles. The molecule has 0 N–H and O–H groups in total. The summed E-state index contributed by atoms with van der Waals surface area (Å²) in [6.07, 6.45) is 0.734. The van der Waals surface area contributed by atoms with Gasteiger partial charge < -0.3 is 19.3 Å². The lowest BCUT2D eigenvalue weighted by atomic mass is 10.0. The minimum absolute atomic E-state index is 0.0120. The standard InChI is InChI=1S/C26H28N2O4/c1-2-31-23-13-5-6-14-24(23)32-19-25(29)27-15-8-16-28(18-17-27)26(30)22-12-7-10-20-9-3-4-11-21(20)22/h3-7,9-14H,2,8,15-19H2,1H3. The summed E-state index contributed by atoms with van der Waals surface area (Å²) >= 11 is 0. The number of nitrogens with zero attached hydrogens (tertiary/aromatic N) is 2. The number of carbonyl (C=O) groups is 2. The topological polar surface area (TPSA) is 59.1 Å². The van der Waals surface area contributed by atoms with Gasteiger partial charge in [0, 0.05) is 31.7 Å². The van der Waals surface area contributed by atoms with Crippen LogP contribution in [-0.4, -0.2) is 61.0 Å². The fourth-order valence-electron chi connectivity index (χ4n) is 4.03. The van der Waals surface area contributed by atoms with Gasteiger partial charge in [-0.15, -0.1) is 0 Å². The maximum atomic E-state index is 13.2. The smallest absolute Gasteiger partial charge is 0.260 e. The Kier molecular flexibility index (Phi) is 6.90. The number of hydrogen-bond acceptors (Lipinski definition) is 4. The fraction of sp³-hybridized carbons (Fsp3) is 0.308. The van der Waals surface area contributed by atoms with Gasteiger partial charge in [-0.2, -0.15) is 0 Å². The monoisotopic (exact) mass is 432 g/mol. The third kappa shape index (κ3) is 4.85. The lowest BCUT2D eigenvalue weighted by molar-refractivity contribution is -0.133. The number of fused-ring (bicyclic) bond motifs is 1. The van der Waals surface area contributed by atoms with Crippen LogP contribution in [-0.2, 0) is 4.79 Å². The summed E-state index contributed by atoms with van der Waals surface area (Å²) in [5, 5.41) is 2.01. The zero-order chi connectivity index (χ0) is 22.3. The van der Waals surface area contributed by atoms with E-state index in [0.29, 0.717) is 49.8 Å². The summed E-state index contributed by atoms with van der Waals surface area (Å²) < 4.78 is 11.3. The summed E-state index contributed by atoms with van der Waals surface area (Å²) in [5.74, 6) is 1.12. The van der Waals surface area contributed by atoms with Crippen LogP contribution in [0, 0.1) is 0 Å². The quantitative estimate of drug-likeness (QED) is 0.591. The van der Waals surface area contributed by atoms with Crippen LogP contribution in [0.1, 0.15) is 23.7 Å². The molecule has 0 atom stereocenters. The first-order valence-electron chi connectivity index (χ1n) is 11.1. The van der Waals surface area contributed by atoms with Crippen molar-refractivity contribution in [3.05, 3.63) is 72.3 Å². The Labute approximate surface area is 188 Å². The van der Waals surface area contributed by atoms with E-state index in [1.165, 1.54) is 0 Å². The second kappa shape index (κ2) is 10.2. The molecule has 3 aromatic rings. The summed E-state index contributed by atoms with van der Waals surface area (Å²) in [6.45, 7) is 4.61. The molecule has 6 nitrogen and oxygen atoms in total. The predicted molar refractivity (Wildman–Crippen MR) is 124 cm³/mol. The fourth-order valence-corrected chi connectivity index (χ4v) is 4.03. The van der Waals surface area contributed by atoms with Crippen molar-refractivity contribution < 1.29 is 19.1 Å². The Hall–Kier alpha value is -3.54. The van der Waals surface area contributed by atoms with Crippen molar-refractivity contribution in [1.29, 1.82) is 0 Å². The van der Waals surface area contributed by atoms with Crippen LogP contribution >= 0.6 is 0 Å². The van der Waals surface area contributed by atoms with Crippen molar-refractivity contribution in [2.75, 3.05) is 39.4 Å². The lowest BCUT2D eigenvalue weighted by Crippen LogP contribution is -2.39. The molecule has 2 amide bonds. The molecule has 1 aliphatic heterocycles. The van der Waals surface area contributed by atoms with Gasteiger partial charge in [-0.25, -0.2) is 0 Å². The summed E-state index contributed by atoms with van der Waals surface area (Å²) in [6, 6.07) is 21.1. The van der Waals surface area contributed by atoms with Crippen LogP contribution in [0.2, 0.25) is 0 Å². The molecule has 0 aromatic heterocycles.